The lowest BCUT2D eigenvalue weighted by atomic mass is 10.2. The van der Waals surface area contributed by atoms with Gasteiger partial charge in [-0.15, -0.1) is 11.3 Å². The van der Waals surface area contributed by atoms with E-state index in [2.05, 4.69) is 0 Å². The summed E-state index contributed by atoms with van der Waals surface area (Å²) in [5.41, 5.74) is 0. The molecule has 7 heteroatoms. The molecule has 0 unspecified atom stereocenters. The lowest BCUT2D eigenvalue weighted by molar-refractivity contribution is -0.131. The minimum atomic E-state index is -3.66. The number of nitrogens with zero attached hydrogens (tertiary/aromatic N) is 1. The second-order valence-electron chi connectivity index (χ2n) is 4.89. The molecule has 0 aromatic carbocycles. The highest BCUT2D eigenvalue weighted by Gasteiger charge is 2.24. The van der Waals surface area contributed by atoms with Gasteiger partial charge in [0.15, 0.2) is 0 Å². The van der Waals surface area contributed by atoms with Gasteiger partial charge < -0.3 is 4.90 Å². The first-order valence-electron chi connectivity index (χ1n) is 6.25. The molecular formula is C12H18N2O3S2. The third kappa shape index (κ3) is 3.55. The number of likely N-dealkylation sites (N-methyl/N-ethyl adjacent to an activating group) is 1. The number of hydrogen-bond acceptors (Lipinski definition) is 4. The standard InChI is InChI=1S/C12H18N2O3S2/c1-14(9-4-2-3-5-9)11(15)8-10-6-7-12(18-10)19(13,16)17/h6-7,9H,2-5,8H2,1H3,(H2,13,16,17). The number of hydrogen-bond donors (Lipinski definition) is 1. The first kappa shape index (κ1) is 14.5. The Balaban J connectivity index is 2.00. The van der Waals surface area contributed by atoms with Crippen LogP contribution in [0, 0.1) is 0 Å². The van der Waals surface area contributed by atoms with E-state index in [1.807, 2.05) is 7.05 Å². The van der Waals surface area contributed by atoms with Crippen molar-refractivity contribution in [2.45, 2.75) is 42.4 Å². The molecule has 0 radical (unpaired) electrons. The van der Waals surface area contributed by atoms with Gasteiger partial charge >= 0.3 is 0 Å². The second kappa shape index (κ2) is 5.60. The average molecular weight is 302 g/mol. The molecule has 0 atom stereocenters. The molecule has 1 aromatic heterocycles. The lowest BCUT2D eigenvalue weighted by Crippen LogP contribution is -2.36. The molecule has 1 aromatic rings. The van der Waals surface area contributed by atoms with Crippen LogP contribution in [0.15, 0.2) is 16.3 Å². The lowest BCUT2D eigenvalue weighted by Gasteiger charge is -2.24. The topological polar surface area (TPSA) is 80.5 Å². The fourth-order valence-electron chi connectivity index (χ4n) is 2.38. The first-order valence-corrected chi connectivity index (χ1v) is 8.61. The molecule has 1 aliphatic rings. The minimum absolute atomic E-state index is 0.0368. The summed E-state index contributed by atoms with van der Waals surface area (Å²) in [5.74, 6) is 0.0368. The van der Waals surface area contributed by atoms with Crippen LogP contribution in [0.25, 0.3) is 0 Å². The number of rotatable bonds is 4. The third-order valence-corrected chi connectivity index (χ3v) is 6.03. The van der Waals surface area contributed by atoms with Crippen LogP contribution in [0.3, 0.4) is 0 Å². The van der Waals surface area contributed by atoms with Crippen molar-refractivity contribution in [1.29, 1.82) is 0 Å². The largest absolute Gasteiger partial charge is 0.342 e. The monoisotopic (exact) mass is 302 g/mol. The fraction of sp³-hybridized carbons (Fsp3) is 0.583. The van der Waals surface area contributed by atoms with Gasteiger partial charge in [0, 0.05) is 18.0 Å². The Morgan fingerprint density at radius 3 is 2.58 bits per heavy atom. The Morgan fingerprint density at radius 1 is 1.42 bits per heavy atom. The van der Waals surface area contributed by atoms with E-state index >= 15 is 0 Å². The highest BCUT2D eigenvalue weighted by Crippen LogP contribution is 2.25. The molecule has 1 heterocycles. The predicted molar refractivity (Wildman–Crippen MR) is 74.4 cm³/mol. The van der Waals surface area contributed by atoms with Crippen molar-refractivity contribution in [3.63, 3.8) is 0 Å². The summed E-state index contributed by atoms with van der Waals surface area (Å²) in [6.07, 6.45) is 4.73. The van der Waals surface area contributed by atoms with Gasteiger partial charge in [0.05, 0.1) is 6.42 Å². The van der Waals surface area contributed by atoms with Crippen LogP contribution in [0.4, 0.5) is 0 Å². The zero-order valence-electron chi connectivity index (χ0n) is 10.8. The van der Waals surface area contributed by atoms with Crippen molar-refractivity contribution in [3.05, 3.63) is 17.0 Å². The molecule has 1 saturated carbocycles. The quantitative estimate of drug-likeness (QED) is 0.911. The smallest absolute Gasteiger partial charge is 0.247 e. The molecular weight excluding hydrogens is 284 g/mol. The van der Waals surface area contributed by atoms with E-state index in [-0.39, 0.29) is 16.5 Å². The van der Waals surface area contributed by atoms with Crippen LogP contribution in [0.5, 0.6) is 0 Å². The van der Waals surface area contributed by atoms with Gasteiger partial charge in [-0.25, -0.2) is 13.6 Å². The van der Waals surface area contributed by atoms with Crippen LogP contribution < -0.4 is 5.14 Å². The number of carbonyl (C=O) groups is 1. The van der Waals surface area contributed by atoms with Crippen molar-refractivity contribution in [1.82, 2.24) is 4.90 Å². The van der Waals surface area contributed by atoms with Gasteiger partial charge in [-0.05, 0) is 25.0 Å². The van der Waals surface area contributed by atoms with Crippen LogP contribution in [0.1, 0.15) is 30.6 Å². The number of carbonyl (C=O) groups excluding carboxylic acids is 1. The summed E-state index contributed by atoms with van der Waals surface area (Å²) in [6.45, 7) is 0. The maximum atomic E-state index is 12.1. The van der Waals surface area contributed by atoms with E-state index in [0.717, 1.165) is 29.1 Å². The Kier molecular flexibility index (Phi) is 4.27. The van der Waals surface area contributed by atoms with E-state index in [1.54, 1.807) is 11.0 Å². The number of amides is 1. The molecule has 0 spiro atoms. The highest BCUT2D eigenvalue weighted by molar-refractivity contribution is 7.91. The molecule has 5 nitrogen and oxygen atoms in total. The number of thiophene rings is 1. The minimum Gasteiger partial charge on any atom is -0.342 e. The Bertz CT molecular complexity index is 559. The summed E-state index contributed by atoms with van der Waals surface area (Å²) in [5, 5.41) is 5.05. The van der Waals surface area contributed by atoms with Crippen molar-refractivity contribution < 1.29 is 13.2 Å². The maximum absolute atomic E-state index is 12.1. The summed E-state index contributed by atoms with van der Waals surface area (Å²) in [6, 6.07) is 3.45. The molecule has 2 rings (SSSR count). The number of nitrogens with two attached hydrogens (primary N) is 1. The molecule has 0 bridgehead atoms. The third-order valence-electron chi connectivity index (χ3n) is 3.51. The summed E-state index contributed by atoms with van der Waals surface area (Å²) < 4.78 is 22.4. The molecule has 0 saturated heterocycles. The van der Waals surface area contributed by atoms with Gasteiger partial charge in [0.25, 0.3) is 0 Å². The van der Waals surface area contributed by atoms with E-state index < -0.39 is 10.0 Å². The average Bonchev–Trinajstić information content (AvgIpc) is 2.97. The predicted octanol–water partition coefficient (Wildman–Crippen LogP) is 1.34. The summed E-state index contributed by atoms with van der Waals surface area (Å²) >= 11 is 1.07. The molecule has 1 amide bonds. The first-order chi connectivity index (χ1) is 8.88. The molecule has 1 fully saturated rings. The molecule has 2 N–H and O–H groups in total. The van der Waals surface area contributed by atoms with E-state index in [9.17, 15) is 13.2 Å². The van der Waals surface area contributed by atoms with E-state index in [0.29, 0.717) is 6.04 Å². The Morgan fingerprint density at radius 2 is 2.05 bits per heavy atom. The zero-order valence-corrected chi connectivity index (χ0v) is 12.5. The van der Waals surface area contributed by atoms with Crippen molar-refractivity contribution in [2.24, 2.45) is 5.14 Å². The van der Waals surface area contributed by atoms with Crippen molar-refractivity contribution >= 4 is 27.3 Å². The van der Waals surface area contributed by atoms with E-state index in [1.165, 1.54) is 18.9 Å². The molecule has 19 heavy (non-hydrogen) atoms. The molecule has 106 valence electrons. The van der Waals surface area contributed by atoms with Gasteiger partial charge in [-0.2, -0.15) is 0 Å². The number of sulfonamides is 1. The SMILES string of the molecule is CN(C(=O)Cc1ccc(S(N)(=O)=O)s1)C1CCCC1. The molecule has 1 aliphatic carbocycles. The Hall–Kier alpha value is -0.920. The van der Waals surface area contributed by atoms with Crippen LogP contribution in [0.2, 0.25) is 0 Å². The van der Waals surface area contributed by atoms with Gasteiger partial charge in [0.2, 0.25) is 15.9 Å². The zero-order chi connectivity index (χ0) is 14.0. The van der Waals surface area contributed by atoms with Crippen molar-refractivity contribution in [3.8, 4) is 0 Å². The summed E-state index contributed by atoms with van der Waals surface area (Å²) in [4.78, 5) is 14.6. The van der Waals surface area contributed by atoms with Crippen LogP contribution in [-0.4, -0.2) is 32.3 Å². The molecule has 0 aliphatic heterocycles. The highest BCUT2D eigenvalue weighted by atomic mass is 32.2. The normalized spacial score (nSPS) is 16.7. The second-order valence-corrected chi connectivity index (χ2v) is 7.84. The van der Waals surface area contributed by atoms with Gasteiger partial charge in [0.1, 0.15) is 4.21 Å². The maximum Gasteiger partial charge on any atom is 0.247 e. The van der Waals surface area contributed by atoms with Gasteiger partial charge in [-0.3, -0.25) is 4.79 Å². The van der Waals surface area contributed by atoms with Crippen molar-refractivity contribution in [2.75, 3.05) is 7.05 Å². The fourth-order valence-corrected chi connectivity index (χ4v) is 4.14. The van der Waals surface area contributed by atoms with Crippen LogP contribution >= 0.6 is 11.3 Å². The van der Waals surface area contributed by atoms with Gasteiger partial charge in [-0.1, -0.05) is 12.8 Å². The van der Waals surface area contributed by atoms with E-state index in [4.69, 9.17) is 5.14 Å². The number of primary sulfonamides is 1. The Labute approximate surface area is 117 Å². The van der Waals surface area contributed by atoms with Crippen LogP contribution in [-0.2, 0) is 21.2 Å². The summed E-state index contributed by atoms with van der Waals surface area (Å²) in [7, 11) is -1.83.